The Bertz CT molecular complexity index is 526. The van der Waals surface area contributed by atoms with Gasteiger partial charge in [0.25, 0.3) is 0 Å². The lowest BCUT2D eigenvalue weighted by Gasteiger charge is -2.27. The highest BCUT2D eigenvalue weighted by atomic mass is 16.2. The van der Waals surface area contributed by atoms with Gasteiger partial charge < -0.3 is 10.2 Å². The number of nitrogens with one attached hydrogen (secondary N) is 1. The van der Waals surface area contributed by atoms with Gasteiger partial charge in [-0.25, -0.2) is 0 Å². The van der Waals surface area contributed by atoms with Crippen LogP contribution in [0.3, 0.4) is 0 Å². The van der Waals surface area contributed by atoms with E-state index < -0.39 is 0 Å². The Labute approximate surface area is 121 Å². The Morgan fingerprint density at radius 3 is 2.80 bits per heavy atom. The largest absolute Gasteiger partial charge is 0.315 e. The first-order valence-electron chi connectivity index (χ1n) is 7.68. The summed E-state index contributed by atoms with van der Waals surface area (Å²) in [7, 11) is 3.92. The molecule has 1 aromatic rings. The third kappa shape index (κ3) is 2.14. The van der Waals surface area contributed by atoms with E-state index >= 15 is 0 Å². The maximum Gasteiger partial charge on any atom is 0.231 e. The van der Waals surface area contributed by atoms with Gasteiger partial charge in [-0.15, -0.1) is 0 Å². The first-order chi connectivity index (χ1) is 9.61. The van der Waals surface area contributed by atoms with Crippen LogP contribution in [0.2, 0.25) is 0 Å². The lowest BCUT2D eigenvalue weighted by atomic mass is 9.85. The molecule has 2 aliphatic rings. The highest BCUT2D eigenvalue weighted by Crippen LogP contribution is 2.41. The van der Waals surface area contributed by atoms with Crippen molar-refractivity contribution in [2.75, 3.05) is 19.0 Å². The predicted molar refractivity (Wildman–Crippen MR) is 81.9 cm³/mol. The molecule has 0 spiro atoms. The molecule has 3 atom stereocenters. The number of carbonyl (C=O) groups is 1. The summed E-state index contributed by atoms with van der Waals surface area (Å²) >= 11 is 0. The second-order valence-electron chi connectivity index (χ2n) is 6.36. The van der Waals surface area contributed by atoms with Gasteiger partial charge in [0.15, 0.2) is 0 Å². The van der Waals surface area contributed by atoms with Crippen LogP contribution in [-0.2, 0) is 11.2 Å². The van der Waals surface area contributed by atoms with Crippen molar-refractivity contribution < 1.29 is 4.79 Å². The smallest absolute Gasteiger partial charge is 0.231 e. The number of anilines is 1. The SMILES string of the molecule is CNC(c1ccc2c(c1)CC(=O)N2C)C1CCCC1C. The molecule has 1 aromatic carbocycles. The van der Waals surface area contributed by atoms with Crippen molar-refractivity contribution in [3.8, 4) is 0 Å². The molecule has 0 bridgehead atoms. The quantitative estimate of drug-likeness (QED) is 0.917. The summed E-state index contributed by atoms with van der Waals surface area (Å²) in [6, 6.07) is 6.96. The van der Waals surface area contributed by atoms with Crippen LogP contribution in [0, 0.1) is 11.8 Å². The molecule has 108 valence electrons. The zero-order valence-corrected chi connectivity index (χ0v) is 12.6. The number of nitrogens with zero attached hydrogens (tertiary/aromatic N) is 1. The molecule has 20 heavy (non-hydrogen) atoms. The fourth-order valence-electron chi connectivity index (χ4n) is 3.98. The Kier molecular flexibility index (Phi) is 3.55. The first kappa shape index (κ1) is 13.6. The van der Waals surface area contributed by atoms with Crippen molar-refractivity contribution in [1.29, 1.82) is 0 Å². The number of likely N-dealkylation sites (N-methyl/N-ethyl adjacent to an activating group) is 1. The fraction of sp³-hybridized carbons (Fsp3) is 0.588. The lowest BCUT2D eigenvalue weighted by molar-refractivity contribution is -0.117. The minimum Gasteiger partial charge on any atom is -0.315 e. The van der Waals surface area contributed by atoms with E-state index in [-0.39, 0.29) is 5.91 Å². The molecule has 3 unspecified atom stereocenters. The maximum absolute atomic E-state index is 11.8. The first-order valence-corrected chi connectivity index (χ1v) is 7.68. The third-order valence-electron chi connectivity index (χ3n) is 5.21. The highest BCUT2D eigenvalue weighted by molar-refractivity contribution is 6.00. The Morgan fingerprint density at radius 1 is 1.35 bits per heavy atom. The fourth-order valence-corrected chi connectivity index (χ4v) is 3.98. The molecule has 1 N–H and O–H groups in total. The molecule has 1 amide bonds. The zero-order valence-electron chi connectivity index (χ0n) is 12.6. The number of rotatable bonds is 3. The van der Waals surface area contributed by atoms with E-state index in [0.29, 0.717) is 18.4 Å². The number of hydrogen-bond donors (Lipinski definition) is 1. The number of benzene rings is 1. The Hall–Kier alpha value is -1.35. The molecule has 3 heteroatoms. The van der Waals surface area contributed by atoms with E-state index in [2.05, 4.69) is 37.5 Å². The number of carbonyl (C=O) groups excluding carboxylic acids is 1. The van der Waals surface area contributed by atoms with E-state index in [1.54, 1.807) is 4.90 Å². The van der Waals surface area contributed by atoms with Crippen LogP contribution in [0.4, 0.5) is 5.69 Å². The van der Waals surface area contributed by atoms with Gasteiger partial charge in [0.2, 0.25) is 5.91 Å². The van der Waals surface area contributed by atoms with E-state index in [0.717, 1.165) is 11.6 Å². The maximum atomic E-state index is 11.8. The van der Waals surface area contributed by atoms with Crippen molar-refractivity contribution in [1.82, 2.24) is 5.32 Å². The van der Waals surface area contributed by atoms with Crippen LogP contribution >= 0.6 is 0 Å². The predicted octanol–water partition coefficient (Wildman–Crippen LogP) is 2.90. The number of amides is 1. The average molecular weight is 272 g/mol. The molecule has 0 aromatic heterocycles. The molecule has 3 nitrogen and oxygen atoms in total. The van der Waals surface area contributed by atoms with Crippen LogP contribution in [0.15, 0.2) is 18.2 Å². The topological polar surface area (TPSA) is 32.3 Å². The van der Waals surface area contributed by atoms with Crippen molar-refractivity contribution in [3.63, 3.8) is 0 Å². The zero-order chi connectivity index (χ0) is 14.3. The van der Waals surface area contributed by atoms with Crippen molar-refractivity contribution >= 4 is 11.6 Å². The summed E-state index contributed by atoms with van der Waals surface area (Å²) in [6.45, 7) is 2.37. The summed E-state index contributed by atoms with van der Waals surface area (Å²) in [5.74, 6) is 1.70. The minimum absolute atomic E-state index is 0.201. The van der Waals surface area contributed by atoms with Crippen LogP contribution in [0.25, 0.3) is 0 Å². The molecule has 0 saturated heterocycles. The Balaban J connectivity index is 1.90. The van der Waals surface area contributed by atoms with Gasteiger partial charge >= 0.3 is 0 Å². The van der Waals surface area contributed by atoms with E-state index in [1.165, 1.54) is 30.4 Å². The van der Waals surface area contributed by atoms with E-state index in [9.17, 15) is 4.79 Å². The van der Waals surface area contributed by atoms with Crippen LogP contribution in [0.1, 0.15) is 43.4 Å². The third-order valence-corrected chi connectivity index (χ3v) is 5.21. The normalized spacial score (nSPS) is 26.9. The van der Waals surface area contributed by atoms with Crippen LogP contribution in [0.5, 0.6) is 0 Å². The van der Waals surface area contributed by atoms with Gasteiger partial charge in [-0.05, 0) is 42.5 Å². The summed E-state index contributed by atoms with van der Waals surface area (Å²) in [6.07, 6.45) is 4.55. The number of hydrogen-bond acceptors (Lipinski definition) is 2. The van der Waals surface area contributed by atoms with Gasteiger partial charge in [0, 0.05) is 18.8 Å². The van der Waals surface area contributed by atoms with Gasteiger partial charge in [-0.1, -0.05) is 31.9 Å². The summed E-state index contributed by atoms with van der Waals surface area (Å²) in [4.78, 5) is 13.6. The molecular weight excluding hydrogens is 248 g/mol. The van der Waals surface area contributed by atoms with Crippen molar-refractivity contribution in [2.24, 2.45) is 11.8 Å². The van der Waals surface area contributed by atoms with E-state index in [4.69, 9.17) is 0 Å². The highest BCUT2D eigenvalue weighted by Gasteiger charge is 2.32. The van der Waals surface area contributed by atoms with Gasteiger partial charge in [0.1, 0.15) is 0 Å². The molecule has 1 saturated carbocycles. The lowest BCUT2D eigenvalue weighted by Crippen LogP contribution is -2.27. The average Bonchev–Trinajstić information content (AvgIpc) is 2.96. The van der Waals surface area contributed by atoms with Gasteiger partial charge in [0.05, 0.1) is 6.42 Å². The van der Waals surface area contributed by atoms with Crippen LogP contribution in [-0.4, -0.2) is 20.0 Å². The van der Waals surface area contributed by atoms with E-state index in [1.807, 2.05) is 7.05 Å². The molecule has 1 heterocycles. The Morgan fingerprint density at radius 2 is 2.15 bits per heavy atom. The number of fused-ring (bicyclic) bond motifs is 1. The molecule has 3 rings (SSSR count). The van der Waals surface area contributed by atoms with Crippen LogP contribution < -0.4 is 10.2 Å². The molecule has 1 aliphatic carbocycles. The molecule has 1 fully saturated rings. The van der Waals surface area contributed by atoms with Crippen molar-refractivity contribution in [2.45, 2.75) is 38.6 Å². The molecule has 1 aliphatic heterocycles. The summed E-state index contributed by atoms with van der Waals surface area (Å²) in [5.41, 5.74) is 3.60. The van der Waals surface area contributed by atoms with Crippen molar-refractivity contribution in [3.05, 3.63) is 29.3 Å². The molecular formula is C17H24N2O. The summed E-state index contributed by atoms with van der Waals surface area (Å²) < 4.78 is 0. The standard InChI is InChI=1S/C17H24N2O/c1-11-5-4-6-14(11)17(18-2)12-7-8-15-13(9-12)10-16(20)19(15)3/h7-9,11,14,17-18H,4-6,10H2,1-3H3. The second-order valence-corrected chi connectivity index (χ2v) is 6.36. The van der Waals surface area contributed by atoms with Gasteiger partial charge in [-0.3, -0.25) is 4.79 Å². The molecule has 0 radical (unpaired) electrons. The minimum atomic E-state index is 0.201. The summed E-state index contributed by atoms with van der Waals surface area (Å²) in [5, 5.41) is 3.51. The monoisotopic (exact) mass is 272 g/mol. The van der Waals surface area contributed by atoms with Gasteiger partial charge in [-0.2, -0.15) is 0 Å². The second kappa shape index (κ2) is 5.21.